The molecule has 2 unspecified atom stereocenters. The minimum atomic E-state index is 0.369. The van der Waals surface area contributed by atoms with E-state index in [1.807, 2.05) is 0 Å². The summed E-state index contributed by atoms with van der Waals surface area (Å²) >= 11 is 0. The second-order valence-electron chi connectivity index (χ2n) is 5.13. The number of nitrogens with one attached hydrogen (secondary N) is 1. The number of hydrogen-bond donors (Lipinski definition) is 2. The summed E-state index contributed by atoms with van der Waals surface area (Å²) in [6.07, 6.45) is 9.79. The molecule has 2 fully saturated rings. The Morgan fingerprint density at radius 1 is 1.07 bits per heavy atom. The predicted molar refractivity (Wildman–Crippen MR) is 58.2 cm³/mol. The van der Waals surface area contributed by atoms with Crippen LogP contribution >= 0.6 is 0 Å². The van der Waals surface area contributed by atoms with Gasteiger partial charge in [0.2, 0.25) is 0 Å². The Balaban J connectivity index is 1.69. The fraction of sp³-hybridized carbons (Fsp3) is 1.00. The topological polar surface area (TPSA) is 32.3 Å². The van der Waals surface area contributed by atoms with Crippen LogP contribution < -0.4 is 5.32 Å². The number of aliphatic hydroxyl groups excluding tert-OH is 1. The minimum absolute atomic E-state index is 0.369. The first-order chi connectivity index (χ1) is 6.88. The van der Waals surface area contributed by atoms with E-state index in [0.29, 0.717) is 18.6 Å². The highest BCUT2D eigenvalue weighted by molar-refractivity contribution is 4.83. The predicted octanol–water partition coefficient (Wildman–Crippen LogP) is 1.93. The molecule has 1 saturated carbocycles. The van der Waals surface area contributed by atoms with Crippen molar-refractivity contribution in [3.05, 3.63) is 0 Å². The van der Waals surface area contributed by atoms with Crippen molar-refractivity contribution in [1.29, 1.82) is 0 Å². The van der Waals surface area contributed by atoms with Crippen LogP contribution in [0.2, 0.25) is 0 Å². The Morgan fingerprint density at radius 2 is 1.86 bits per heavy atom. The number of rotatable bonds is 3. The lowest BCUT2D eigenvalue weighted by Crippen LogP contribution is -2.25. The maximum absolute atomic E-state index is 9.05. The summed E-state index contributed by atoms with van der Waals surface area (Å²) in [4.78, 5) is 0. The van der Waals surface area contributed by atoms with Crippen molar-refractivity contribution in [3.8, 4) is 0 Å². The highest BCUT2D eigenvalue weighted by Gasteiger charge is 2.26. The molecule has 0 amide bonds. The zero-order valence-electron chi connectivity index (χ0n) is 9.04. The molecule has 2 atom stereocenters. The average Bonchev–Trinajstić information content (AvgIpc) is 2.67. The molecule has 0 aromatic heterocycles. The van der Waals surface area contributed by atoms with E-state index in [2.05, 4.69) is 5.32 Å². The fourth-order valence-electron chi connectivity index (χ4n) is 3.05. The summed E-state index contributed by atoms with van der Waals surface area (Å²) < 4.78 is 0. The standard InChI is InChI=1S/C12H23NO/c14-9-11-7-12(13-8-11)6-10-4-2-1-3-5-10/h10-14H,1-9H2. The van der Waals surface area contributed by atoms with E-state index in [0.717, 1.165) is 12.5 Å². The third-order valence-electron chi connectivity index (χ3n) is 3.91. The zero-order valence-corrected chi connectivity index (χ0v) is 9.04. The molecule has 1 heterocycles. The van der Waals surface area contributed by atoms with E-state index in [4.69, 9.17) is 5.11 Å². The molecule has 2 nitrogen and oxygen atoms in total. The number of hydrogen-bond acceptors (Lipinski definition) is 2. The van der Waals surface area contributed by atoms with Crippen molar-refractivity contribution >= 4 is 0 Å². The molecule has 14 heavy (non-hydrogen) atoms. The fourth-order valence-corrected chi connectivity index (χ4v) is 3.05. The van der Waals surface area contributed by atoms with E-state index in [1.165, 1.54) is 44.9 Å². The van der Waals surface area contributed by atoms with Crippen molar-refractivity contribution in [3.63, 3.8) is 0 Å². The summed E-state index contributed by atoms with van der Waals surface area (Å²) in [5, 5.41) is 12.6. The van der Waals surface area contributed by atoms with E-state index in [1.54, 1.807) is 0 Å². The van der Waals surface area contributed by atoms with Gasteiger partial charge in [-0.25, -0.2) is 0 Å². The Hall–Kier alpha value is -0.0800. The largest absolute Gasteiger partial charge is 0.396 e. The monoisotopic (exact) mass is 197 g/mol. The lowest BCUT2D eigenvalue weighted by Gasteiger charge is -2.24. The molecule has 2 N–H and O–H groups in total. The molecular formula is C12H23NO. The van der Waals surface area contributed by atoms with Crippen LogP contribution in [0.1, 0.15) is 44.9 Å². The van der Waals surface area contributed by atoms with Crippen molar-refractivity contribution < 1.29 is 5.11 Å². The van der Waals surface area contributed by atoms with Crippen molar-refractivity contribution in [2.24, 2.45) is 11.8 Å². The highest BCUT2D eigenvalue weighted by atomic mass is 16.3. The second-order valence-corrected chi connectivity index (χ2v) is 5.13. The van der Waals surface area contributed by atoms with Crippen LogP contribution in [0, 0.1) is 11.8 Å². The van der Waals surface area contributed by atoms with Crippen molar-refractivity contribution in [2.45, 2.75) is 51.0 Å². The minimum Gasteiger partial charge on any atom is -0.396 e. The van der Waals surface area contributed by atoms with Crippen LogP contribution in [-0.4, -0.2) is 24.3 Å². The van der Waals surface area contributed by atoms with Gasteiger partial charge >= 0.3 is 0 Å². The molecule has 0 spiro atoms. The SMILES string of the molecule is OCC1CNC(CC2CCCCC2)C1. The third-order valence-corrected chi connectivity index (χ3v) is 3.91. The molecule has 1 aliphatic heterocycles. The molecule has 1 aliphatic carbocycles. The quantitative estimate of drug-likeness (QED) is 0.724. The molecule has 82 valence electrons. The van der Waals surface area contributed by atoms with Crippen molar-refractivity contribution in [2.75, 3.05) is 13.2 Å². The molecule has 2 rings (SSSR count). The maximum Gasteiger partial charge on any atom is 0.0471 e. The summed E-state index contributed by atoms with van der Waals surface area (Å²) in [7, 11) is 0. The summed E-state index contributed by atoms with van der Waals surface area (Å²) in [5.74, 6) is 1.50. The van der Waals surface area contributed by atoms with Gasteiger partial charge in [0.05, 0.1) is 0 Å². The van der Waals surface area contributed by atoms with E-state index in [-0.39, 0.29) is 0 Å². The zero-order chi connectivity index (χ0) is 9.80. The molecule has 2 heteroatoms. The van der Waals surface area contributed by atoms with Crippen LogP contribution in [0.5, 0.6) is 0 Å². The molecule has 0 aromatic rings. The number of aliphatic hydroxyl groups is 1. The van der Waals surface area contributed by atoms with Gasteiger partial charge in [-0.05, 0) is 24.7 Å². The van der Waals surface area contributed by atoms with Gasteiger partial charge in [-0.3, -0.25) is 0 Å². The van der Waals surface area contributed by atoms with Crippen LogP contribution in [0.4, 0.5) is 0 Å². The van der Waals surface area contributed by atoms with Crippen LogP contribution in [0.15, 0.2) is 0 Å². The van der Waals surface area contributed by atoms with Crippen LogP contribution in [0.25, 0.3) is 0 Å². The first-order valence-electron chi connectivity index (χ1n) is 6.22. The van der Waals surface area contributed by atoms with Gasteiger partial charge in [-0.15, -0.1) is 0 Å². The third kappa shape index (κ3) is 2.71. The average molecular weight is 197 g/mol. The lowest BCUT2D eigenvalue weighted by atomic mass is 9.84. The van der Waals surface area contributed by atoms with E-state index >= 15 is 0 Å². The molecule has 1 saturated heterocycles. The van der Waals surface area contributed by atoms with Gasteiger partial charge in [-0.1, -0.05) is 32.1 Å². The smallest absolute Gasteiger partial charge is 0.0471 e. The molecular weight excluding hydrogens is 174 g/mol. The van der Waals surface area contributed by atoms with E-state index in [9.17, 15) is 0 Å². The van der Waals surface area contributed by atoms with Gasteiger partial charge in [0.25, 0.3) is 0 Å². The molecule has 0 bridgehead atoms. The highest BCUT2D eigenvalue weighted by Crippen LogP contribution is 2.29. The van der Waals surface area contributed by atoms with Gasteiger partial charge in [0.1, 0.15) is 0 Å². The van der Waals surface area contributed by atoms with Gasteiger partial charge in [0, 0.05) is 19.2 Å². The molecule has 2 aliphatic rings. The molecule has 0 radical (unpaired) electrons. The van der Waals surface area contributed by atoms with Gasteiger partial charge in [-0.2, -0.15) is 0 Å². The van der Waals surface area contributed by atoms with Gasteiger partial charge in [0.15, 0.2) is 0 Å². The summed E-state index contributed by atoms with van der Waals surface area (Å²) in [6, 6.07) is 0.704. The second kappa shape index (κ2) is 5.13. The van der Waals surface area contributed by atoms with Crippen LogP contribution in [-0.2, 0) is 0 Å². The first kappa shape index (κ1) is 10.4. The summed E-state index contributed by atoms with van der Waals surface area (Å²) in [5.41, 5.74) is 0. The Labute approximate surface area is 87.1 Å². The Bertz CT molecular complexity index is 166. The molecule has 0 aromatic carbocycles. The van der Waals surface area contributed by atoms with Crippen LogP contribution in [0.3, 0.4) is 0 Å². The maximum atomic E-state index is 9.05. The Kier molecular flexibility index (Phi) is 3.82. The Morgan fingerprint density at radius 3 is 2.50 bits per heavy atom. The normalized spacial score (nSPS) is 34.9. The first-order valence-corrected chi connectivity index (χ1v) is 6.22. The van der Waals surface area contributed by atoms with Crippen molar-refractivity contribution in [1.82, 2.24) is 5.32 Å². The van der Waals surface area contributed by atoms with Gasteiger partial charge < -0.3 is 10.4 Å². The lowest BCUT2D eigenvalue weighted by molar-refractivity contribution is 0.232. The summed E-state index contributed by atoms with van der Waals surface area (Å²) in [6.45, 7) is 1.40. The van der Waals surface area contributed by atoms with E-state index < -0.39 is 0 Å².